The normalized spacial score (nSPS) is 13.4. The molecule has 0 saturated heterocycles. The molecule has 0 aromatic carbocycles. The van der Waals surface area contributed by atoms with Gasteiger partial charge in [0.15, 0.2) is 0 Å². The Bertz CT molecular complexity index is 277. The van der Waals surface area contributed by atoms with Crippen molar-refractivity contribution in [1.82, 2.24) is 0 Å². The smallest absolute Gasteiger partial charge is 0.306 e. The topological polar surface area (TPSA) is 60.4 Å². The summed E-state index contributed by atoms with van der Waals surface area (Å²) < 4.78 is 0. The molecule has 0 aliphatic heterocycles. The van der Waals surface area contributed by atoms with E-state index in [-0.39, 0.29) is 5.92 Å². The van der Waals surface area contributed by atoms with E-state index in [1.807, 2.05) is 6.92 Å². The minimum atomic E-state index is -1.30. The minimum absolute atomic E-state index is 0.347. The van der Waals surface area contributed by atoms with Gasteiger partial charge in [0.2, 0.25) is 0 Å². The number of unbranched alkanes of at least 4 members (excludes halogenated alkanes) is 7. The first-order valence-corrected chi connectivity index (χ1v) is 9.63. The molecule has 0 amide bonds. The van der Waals surface area contributed by atoms with Crippen LogP contribution >= 0.6 is 7.77 Å². The molecule has 0 aliphatic rings. The number of aliphatic carboxylic acids is 1. The van der Waals surface area contributed by atoms with Crippen LogP contribution in [-0.2, 0) is 4.79 Å². The van der Waals surface area contributed by atoms with Crippen LogP contribution in [0.1, 0.15) is 78.1 Å². The zero-order valence-corrected chi connectivity index (χ0v) is 14.0. The van der Waals surface area contributed by atoms with Gasteiger partial charge < -0.3 is 10.00 Å². The van der Waals surface area contributed by atoms with E-state index in [0.717, 1.165) is 12.8 Å². The summed E-state index contributed by atoms with van der Waals surface area (Å²) in [6.45, 7) is 4.08. The second-order valence-electron chi connectivity index (χ2n) is 5.45. The molecule has 2 unspecified atom stereocenters. The second kappa shape index (κ2) is 13.6. The Morgan fingerprint density at radius 3 is 2.15 bits per heavy atom. The number of hydrogen-bond donors (Lipinski definition) is 1. The van der Waals surface area contributed by atoms with Gasteiger partial charge in [-0.2, -0.15) is 0 Å². The average molecular weight is 302 g/mol. The molecule has 0 aromatic heterocycles. The second-order valence-corrected chi connectivity index (χ2v) is 7.28. The molecular formula is C16H31O3P. The molecule has 0 fully saturated rings. The van der Waals surface area contributed by atoms with Crippen LogP contribution in [0, 0.1) is 5.92 Å². The van der Waals surface area contributed by atoms with E-state index in [0.29, 0.717) is 19.0 Å². The van der Waals surface area contributed by atoms with Gasteiger partial charge in [0.1, 0.15) is 0 Å². The lowest BCUT2D eigenvalue weighted by atomic mass is 9.98. The number of hydrogen-bond acceptors (Lipinski definition) is 2. The van der Waals surface area contributed by atoms with E-state index in [9.17, 15) is 9.69 Å². The van der Waals surface area contributed by atoms with Crippen LogP contribution in [0.25, 0.3) is 0 Å². The summed E-state index contributed by atoms with van der Waals surface area (Å²) in [6.07, 6.45) is 11.6. The fraction of sp³-hybridized carbons (Fsp3) is 0.875. The highest BCUT2D eigenvalue weighted by Gasteiger charge is 2.16. The summed E-state index contributed by atoms with van der Waals surface area (Å²) in [5.41, 5.74) is 0. The number of carboxylic acids is 1. The monoisotopic (exact) mass is 302 g/mol. The third kappa shape index (κ3) is 11.4. The minimum Gasteiger partial charge on any atom is -0.631 e. The van der Waals surface area contributed by atoms with E-state index < -0.39 is 13.7 Å². The molecular weight excluding hydrogens is 271 g/mol. The van der Waals surface area contributed by atoms with E-state index in [4.69, 9.17) is 5.11 Å². The van der Waals surface area contributed by atoms with Gasteiger partial charge in [0.05, 0.1) is 17.9 Å². The summed E-state index contributed by atoms with van der Waals surface area (Å²) >= 11 is 0. The molecule has 0 spiro atoms. The van der Waals surface area contributed by atoms with Crippen molar-refractivity contribution in [2.75, 3.05) is 6.16 Å². The number of rotatable bonds is 13. The van der Waals surface area contributed by atoms with Gasteiger partial charge in [-0.3, -0.25) is 4.79 Å². The lowest BCUT2D eigenvalue weighted by Crippen LogP contribution is -2.14. The Morgan fingerprint density at radius 2 is 1.65 bits per heavy atom. The van der Waals surface area contributed by atoms with Crippen LogP contribution in [0.3, 0.4) is 0 Å². The molecule has 0 heterocycles. The molecule has 0 radical (unpaired) electrons. The van der Waals surface area contributed by atoms with Crippen molar-refractivity contribution in [2.45, 2.75) is 78.1 Å². The first kappa shape index (κ1) is 19.6. The highest BCUT2D eigenvalue weighted by molar-refractivity contribution is 7.49. The van der Waals surface area contributed by atoms with Crippen LogP contribution in [0.5, 0.6) is 0 Å². The largest absolute Gasteiger partial charge is 0.631 e. The van der Waals surface area contributed by atoms with Crippen LogP contribution in [0.15, 0.2) is 0 Å². The van der Waals surface area contributed by atoms with Crippen molar-refractivity contribution < 1.29 is 14.8 Å². The van der Waals surface area contributed by atoms with Crippen molar-refractivity contribution >= 4 is 19.5 Å². The van der Waals surface area contributed by atoms with Gasteiger partial charge in [0, 0.05) is 14.2 Å². The van der Waals surface area contributed by atoms with E-state index in [2.05, 4.69) is 6.92 Å². The Hall–Kier alpha value is -0.400. The van der Waals surface area contributed by atoms with Crippen LogP contribution < -0.4 is 4.89 Å². The third-order valence-electron chi connectivity index (χ3n) is 3.66. The van der Waals surface area contributed by atoms with Crippen molar-refractivity contribution in [3.63, 3.8) is 0 Å². The molecule has 0 rings (SSSR count). The Morgan fingerprint density at radius 1 is 1.10 bits per heavy atom. The van der Waals surface area contributed by atoms with Gasteiger partial charge >= 0.3 is 5.97 Å². The van der Waals surface area contributed by atoms with Gasteiger partial charge in [-0.1, -0.05) is 58.3 Å². The third-order valence-corrected chi connectivity index (χ3v) is 4.90. The zero-order chi connectivity index (χ0) is 15.2. The van der Waals surface area contributed by atoms with Gasteiger partial charge in [-0.25, -0.2) is 0 Å². The fourth-order valence-electron chi connectivity index (χ4n) is 2.24. The summed E-state index contributed by atoms with van der Waals surface area (Å²) in [7, 11) is -1.30. The predicted molar refractivity (Wildman–Crippen MR) is 86.5 cm³/mol. The Labute approximate surface area is 125 Å². The Balaban J connectivity index is 3.69. The summed E-state index contributed by atoms with van der Waals surface area (Å²) in [5.74, 6) is 0.600. The Kier molecular flexibility index (Phi) is 13.3. The molecule has 2 atom stereocenters. The highest BCUT2D eigenvalue weighted by Crippen LogP contribution is 2.18. The van der Waals surface area contributed by atoms with Gasteiger partial charge in [-0.15, -0.1) is 0 Å². The first-order chi connectivity index (χ1) is 9.61. The van der Waals surface area contributed by atoms with E-state index >= 15 is 0 Å². The highest BCUT2D eigenvalue weighted by atomic mass is 31.1. The van der Waals surface area contributed by atoms with Crippen LogP contribution in [0.4, 0.5) is 0 Å². The standard InChI is InChI=1S/C16H31O3P/c1-3-5-6-7-8-9-10-11-12-15(16(17)18)13-14-20(19)4-2/h14-15H,3-13H2,1-2H3,(H,17,18). The van der Waals surface area contributed by atoms with Crippen molar-refractivity contribution in [2.24, 2.45) is 5.92 Å². The van der Waals surface area contributed by atoms with Crippen LogP contribution in [-0.4, -0.2) is 23.0 Å². The summed E-state index contributed by atoms with van der Waals surface area (Å²) in [4.78, 5) is 22.5. The lowest BCUT2D eigenvalue weighted by molar-refractivity contribution is -0.152. The van der Waals surface area contributed by atoms with Crippen molar-refractivity contribution in [1.29, 1.82) is 0 Å². The first-order valence-electron chi connectivity index (χ1n) is 8.11. The average Bonchev–Trinajstić information content (AvgIpc) is 2.44. The SMILES string of the molecule is CCCCCCCCCCC(CC=[P+]([O-])CC)C(=O)O. The maximum Gasteiger partial charge on any atom is 0.306 e. The molecule has 0 saturated carbocycles. The summed E-state index contributed by atoms with van der Waals surface area (Å²) in [6, 6.07) is 0. The quantitative estimate of drug-likeness (QED) is 0.410. The predicted octanol–water partition coefficient (Wildman–Crippen LogP) is 4.19. The molecule has 4 heteroatoms. The fourth-order valence-corrected chi connectivity index (χ4v) is 2.99. The van der Waals surface area contributed by atoms with Crippen molar-refractivity contribution in [3.05, 3.63) is 0 Å². The maximum atomic E-state index is 11.3. The van der Waals surface area contributed by atoms with E-state index in [1.54, 1.807) is 5.80 Å². The molecule has 3 nitrogen and oxygen atoms in total. The lowest BCUT2D eigenvalue weighted by Gasteiger charge is -2.09. The molecule has 0 bridgehead atoms. The van der Waals surface area contributed by atoms with Crippen molar-refractivity contribution in [3.8, 4) is 0 Å². The molecule has 118 valence electrons. The molecule has 0 aliphatic carbocycles. The number of carboxylic acid groups (broad SMARTS) is 1. The molecule has 0 aromatic rings. The van der Waals surface area contributed by atoms with Crippen LogP contribution in [0.2, 0.25) is 0 Å². The summed E-state index contributed by atoms with van der Waals surface area (Å²) in [5, 5.41) is 9.14. The molecule has 20 heavy (non-hydrogen) atoms. The maximum absolute atomic E-state index is 11.3. The van der Waals surface area contributed by atoms with Gasteiger partial charge in [-0.05, 0) is 13.3 Å². The zero-order valence-electron chi connectivity index (χ0n) is 13.1. The van der Waals surface area contributed by atoms with E-state index in [1.165, 1.54) is 38.5 Å². The molecule has 1 N–H and O–H groups in total. The van der Waals surface area contributed by atoms with Gasteiger partial charge in [0.25, 0.3) is 0 Å². The number of carbonyl (C=O) groups is 1.